The van der Waals surface area contributed by atoms with Gasteiger partial charge in [-0.3, -0.25) is 15.1 Å². The van der Waals surface area contributed by atoms with E-state index in [4.69, 9.17) is 19.6 Å². The highest BCUT2D eigenvalue weighted by Gasteiger charge is 2.27. The van der Waals surface area contributed by atoms with Crippen LogP contribution in [0.5, 0.6) is 5.75 Å². The number of amides is 3. The van der Waals surface area contributed by atoms with Gasteiger partial charge in [-0.25, -0.2) is 9.18 Å². The van der Waals surface area contributed by atoms with Crippen LogP contribution < -0.4 is 15.4 Å². The second-order valence-corrected chi connectivity index (χ2v) is 10.9. The van der Waals surface area contributed by atoms with Gasteiger partial charge in [0.05, 0.1) is 17.4 Å². The van der Waals surface area contributed by atoms with E-state index < -0.39 is 30.1 Å². The molecule has 0 radical (unpaired) electrons. The van der Waals surface area contributed by atoms with Crippen LogP contribution in [-0.2, 0) is 9.47 Å². The monoisotopic (exact) mass is 584 g/mol. The lowest BCUT2D eigenvalue weighted by Gasteiger charge is -2.29. The molecule has 3 atom stereocenters. The van der Waals surface area contributed by atoms with Crippen molar-refractivity contribution < 1.29 is 28.2 Å². The molecule has 0 aliphatic heterocycles. The number of hydrogen-bond acceptors (Lipinski definition) is 6. The predicted octanol–water partition coefficient (Wildman–Crippen LogP) is 7.27. The quantitative estimate of drug-likeness (QED) is 0.146. The Morgan fingerprint density at radius 3 is 2.33 bits per heavy atom. The Labute approximate surface area is 248 Å². The minimum Gasteiger partial charge on any atom is -0.490 e. The number of para-hydroxylation sites is 1. The van der Waals surface area contributed by atoms with Crippen LogP contribution in [0, 0.1) is 31.0 Å². The van der Waals surface area contributed by atoms with Crippen molar-refractivity contribution in [1.82, 2.24) is 4.90 Å². The number of carbonyl (C=O) groups excluding carboxylic acids is 2. The molecule has 1 aliphatic rings. The number of anilines is 2. The van der Waals surface area contributed by atoms with Gasteiger partial charge in [-0.15, -0.1) is 0 Å². The normalized spacial score (nSPS) is 15.8. The van der Waals surface area contributed by atoms with Crippen molar-refractivity contribution in [3.05, 3.63) is 52.8 Å². The minimum atomic E-state index is -0.804. The van der Waals surface area contributed by atoms with Crippen LogP contribution in [0.1, 0.15) is 81.3 Å². The summed E-state index contributed by atoms with van der Waals surface area (Å²) >= 11 is 0. The Bertz CT molecular complexity index is 1240. The van der Waals surface area contributed by atoms with Gasteiger partial charge in [0.15, 0.2) is 6.29 Å². The standard InChI is InChI=1S/C32H45FN4O5/c1-8-40-23(6)41-22(5)30(34)37(7)32(39)35-27-18-28(42-21(4)24-15-10-9-11-16-24)25(17-26(27)33)31(38)36-29-19(2)13-12-14-20(29)3/h12-14,17-18,21-24,34H,8-11,15-16H2,1-7H3,(H,35,39)(H,36,38). The van der Waals surface area contributed by atoms with Crippen molar-refractivity contribution in [2.24, 2.45) is 5.92 Å². The zero-order valence-electron chi connectivity index (χ0n) is 25.8. The number of halogens is 1. The van der Waals surface area contributed by atoms with Crippen molar-refractivity contribution >= 4 is 29.1 Å². The van der Waals surface area contributed by atoms with E-state index in [1.807, 2.05) is 45.9 Å². The van der Waals surface area contributed by atoms with E-state index in [1.165, 1.54) is 19.5 Å². The lowest BCUT2D eigenvalue weighted by atomic mass is 9.86. The number of carbonyl (C=O) groups is 2. The smallest absolute Gasteiger partial charge is 0.327 e. The average molecular weight is 585 g/mol. The van der Waals surface area contributed by atoms with Crippen LogP contribution >= 0.6 is 0 Å². The second kappa shape index (κ2) is 15.1. The van der Waals surface area contributed by atoms with E-state index in [2.05, 4.69) is 10.6 Å². The fourth-order valence-corrected chi connectivity index (χ4v) is 5.22. The number of amidine groups is 1. The summed E-state index contributed by atoms with van der Waals surface area (Å²) in [5.74, 6) is -0.964. The van der Waals surface area contributed by atoms with E-state index in [9.17, 15) is 9.59 Å². The Hall–Kier alpha value is -3.50. The van der Waals surface area contributed by atoms with Gasteiger partial charge in [0.2, 0.25) is 0 Å². The fourth-order valence-electron chi connectivity index (χ4n) is 5.22. The highest BCUT2D eigenvalue weighted by molar-refractivity contribution is 6.08. The van der Waals surface area contributed by atoms with E-state index >= 15 is 4.39 Å². The number of nitrogens with one attached hydrogen (secondary N) is 3. The van der Waals surface area contributed by atoms with Gasteiger partial charge >= 0.3 is 6.03 Å². The molecule has 1 fully saturated rings. The topological polar surface area (TPSA) is 113 Å². The molecule has 2 aromatic carbocycles. The van der Waals surface area contributed by atoms with Crippen molar-refractivity contribution in [1.29, 1.82) is 5.41 Å². The number of likely N-dealkylation sites (N-methyl/N-ethyl adjacent to an activating group) is 1. The first kappa shape index (κ1) is 33.0. The first-order valence-electron chi connectivity index (χ1n) is 14.7. The molecule has 230 valence electrons. The Morgan fingerprint density at radius 2 is 1.71 bits per heavy atom. The van der Waals surface area contributed by atoms with Crippen molar-refractivity contribution in [2.45, 2.75) is 92.1 Å². The maximum absolute atomic E-state index is 15.5. The molecule has 3 unspecified atom stereocenters. The van der Waals surface area contributed by atoms with E-state index in [0.29, 0.717) is 18.2 Å². The molecule has 1 saturated carbocycles. The first-order valence-corrected chi connectivity index (χ1v) is 14.7. The van der Waals surface area contributed by atoms with Gasteiger partial charge < -0.3 is 24.8 Å². The summed E-state index contributed by atoms with van der Waals surface area (Å²) in [6, 6.07) is 7.38. The molecule has 10 heteroatoms. The second-order valence-electron chi connectivity index (χ2n) is 10.9. The third kappa shape index (κ3) is 8.51. The van der Waals surface area contributed by atoms with Crippen LogP contribution in [0.3, 0.4) is 0 Å². The lowest BCUT2D eigenvalue weighted by Crippen LogP contribution is -2.43. The van der Waals surface area contributed by atoms with Crippen molar-refractivity contribution in [2.75, 3.05) is 24.3 Å². The van der Waals surface area contributed by atoms with Gasteiger partial charge in [-0.05, 0) is 77.5 Å². The van der Waals surface area contributed by atoms with E-state index in [-0.39, 0.29) is 28.9 Å². The summed E-state index contributed by atoms with van der Waals surface area (Å²) in [6.07, 6.45) is 3.93. The lowest BCUT2D eigenvalue weighted by molar-refractivity contribution is -0.138. The molecule has 3 rings (SSSR count). The molecule has 0 heterocycles. The SMILES string of the molecule is CCOC(C)OC(C)C(=N)N(C)C(=O)Nc1cc(OC(C)C2CCCCC2)c(C(=O)Nc2c(C)cccc2C)cc1F. The van der Waals surface area contributed by atoms with Crippen LogP contribution in [0.2, 0.25) is 0 Å². The average Bonchev–Trinajstić information content (AvgIpc) is 2.96. The number of urea groups is 1. The number of hydrogen-bond donors (Lipinski definition) is 3. The Balaban J connectivity index is 1.87. The van der Waals surface area contributed by atoms with Crippen LogP contribution in [-0.4, -0.2) is 54.8 Å². The zero-order chi connectivity index (χ0) is 31.0. The summed E-state index contributed by atoms with van der Waals surface area (Å²) in [6.45, 7) is 11.4. The molecule has 0 saturated heterocycles. The third-order valence-corrected chi connectivity index (χ3v) is 7.75. The van der Waals surface area contributed by atoms with Crippen molar-refractivity contribution in [3.8, 4) is 5.75 Å². The van der Waals surface area contributed by atoms with Crippen molar-refractivity contribution in [3.63, 3.8) is 0 Å². The molecule has 3 amide bonds. The minimum absolute atomic E-state index is 0.0313. The van der Waals surface area contributed by atoms with Gasteiger partial charge in [-0.1, -0.05) is 37.5 Å². The molecular weight excluding hydrogens is 539 g/mol. The molecule has 1 aliphatic carbocycles. The summed E-state index contributed by atoms with van der Waals surface area (Å²) in [5.41, 5.74) is 2.28. The number of nitrogens with zero attached hydrogens (tertiary/aromatic N) is 1. The van der Waals surface area contributed by atoms with E-state index in [0.717, 1.165) is 47.8 Å². The number of rotatable bonds is 11. The molecule has 0 aromatic heterocycles. The maximum Gasteiger partial charge on any atom is 0.327 e. The first-order chi connectivity index (χ1) is 19.9. The molecule has 42 heavy (non-hydrogen) atoms. The summed E-state index contributed by atoms with van der Waals surface area (Å²) < 4.78 is 32.8. The summed E-state index contributed by atoms with van der Waals surface area (Å²) in [5, 5.41) is 13.8. The molecule has 0 spiro atoms. The molecule has 9 nitrogen and oxygen atoms in total. The third-order valence-electron chi connectivity index (χ3n) is 7.75. The molecule has 2 aromatic rings. The maximum atomic E-state index is 15.5. The van der Waals surface area contributed by atoms with Gasteiger partial charge in [0.25, 0.3) is 5.91 Å². The van der Waals surface area contributed by atoms with Gasteiger partial charge in [0.1, 0.15) is 23.5 Å². The fraction of sp³-hybridized carbons (Fsp3) is 0.531. The molecule has 3 N–H and O–H groups in total. The summed E-state index contributed by atoms with van der Waals surface area (Å²) in [7, 11) is 1.40. The Morgan fingerprint density at radius 1 is 1.07 bits per heavy atom. The largest absolute Gasteiger partial charge is 0.490 e. The van der Waals surface area contributed by atoms with Gasteiger partial charge in [0, 0.05) is 25.4 Å². The van der Waals surface area contributed by atoms with E-state index in [1.54, 1.807) is 13.8 Å². The molecular formula is C32H45FN4O5. The van der Waals surface area contributed by atoms with Crippen LogP contribution in [0.25, 0.3) is 0 Å². The Kier molecular flexibility index (Phi) is 11.9. The number of ether oxygens (including phenoxy) is 3. The van der Waals surface area contributed by atoms with Gasteiger partial charge in [-0.2, -0.15) is 0 Å². The number of benzene rings is 2. The summed E-state index contributed by atoms with van der Waals surface area (Å²) in [4.78, 5) is 27.6. The highest BCUT2D eigenvalue weighted by Crippen LogP contribution is 2.33. The zero-order valence-corrected chi connectivity index (χ0v) is 25.8. The number of aryl methyl sites for hydroxylation is 2. The van der Waals surface area contributed by atoms with Crippen LogP contribution in [0.15, 0.2) is 30.3 Å². The predicted molar refractivity (Wildman–Crippen MR) is 163 cm³/mol. The molecule has 0 bridgehead atoms. The van der Waals surface area contributed by atoms with Crippen LogP contribution in [0.4, 0.5) is 20.6 Å². The highest BCUT2D eigenvalue weighted by atomic mass is 19.1.